The van der Waals surface area contributed by atoms with Crippen molar-refractivity contribution in [3.8, 4) is 0 Å². The van der Waals surface area contributed by atoms with E-state index in [0.29, 0.717) is 48.0 Å². The molecule has 2 N–H and O–H groups in total. The summed E-state index contributed by atoms with van der Waals surface area (Å²) in [7, 11) is 0. The number of aliphatic hydroxyl groups is 1. The Balaban J connectivity index is 1.70. The van der Waals surface area contributed by atoms with Crippen molar-refractivity contribution in [2.24, 2.45) is 0 Å². The molecule has 1 fully saturated rings. The summed E-state index contributed by atoms with van der Waals surface area (Å²) in [5.41, 5.74) is 2.27. The van der Waals surface area contributed by atoms with E-state index in [9.17, 15) is 14.7 Å². The quantitative estimate of drug-likeness (QED) is 0.859. The molecular formula is C20H24N2O3S. The Morgan fingerprint density at radius 2 is 1.81 bits per heavy atom. The molecule has 6 heteroatoms. The first kappa shape index (κ1) is 18.6. The zero-order valence-electron chi connectivity index (χ0n) is 15.1. The number of nitrogens with one attached hydrogen (secondary N) is 1. The number of thiophene rings is 1. The predicted molar refractivity (Wildman–Crippen MR) is 104 cm³/mol. The van der Waals surface area contributed by atoms with E-state index in [-0.39, 0.29) is 17.9 Å². The zero-order valence-corrected chi connectivity index (χ0v) is 15.9. The van der Waals surface area contributed by atoms with Gasteiger partial charge in [0.15, 0.2) is 0 Å². The van der Waals surface area contributed by atoms with Crippen molar-refractivity contribution in [3.63, 3.8) is 0 Å². The van der Waals surface area contributed by atoms with Gasteiger partial charge in [-0.2, -0.15) is 0 Å². The highest BCUT2D eigenvalue weighted by atomic mass is 32.1. The first-order chi connectivity index (χ1) is 12.5. The van der Waals surface area contributed by atoms with Crippen molar-refractivity contribution in [1.82, 2.24) is 4.90 Å². The molecule has 5 nitrogen and oxygen atoms in total. The molecule has 3 rings (SSSR count). The number of amides is 2. The van der Waals surface area contributed by atoms with Gasteiger partial charge in [-0.3, -0.25) is 9.59 Å². The first-order valence-electron chi connectivity index (χ1n) is 8.92. The standard InChI is InChI=1S/C20H24N2O3S/c1-13(2)14-3-5-15(6-4-14)18(24)21-19-17(9-12-26-19)20(25)22-10-7-16(23)8-11-22/h3-6,9,12-13,16,23H,7-8,10-11H2,1-2H3,(H,21,24). The number of likely N-dealkylation sites (tertiary alicyclic amines) is 1. The summed E-state index contributed by atoms with van der Waals surface area (Å²) in [6, 6.07) is 9.28. The molecule has 0 radical (unpaired) electrons. The number of carbonyl (C=O) groups excluding carboxylic acids is 2. The SMILES string of the molecule is CC(C)c1ccc(C(=O)Nc2sccc2C(=O)N2CCC(O)CC2)cc1. The zero-order chi connectivity index (χ0) is 18.7. The van der Waals surface area contributed by atoms with Gasteiger partial charge in [-0.15, -0.1) is 11.3 Å². The van der Waals surface area contributed by atoms with Gasteiger partial charge in [0.1, 0.15) is 5.00 Å². The summed E-state index contributed by atoms with van der Waals surface area (Å²) in [6.07, 6.45) is 0.869. The van der Waals surface area contributed by atoms with Crippen LogP contribution in [0.15, 0.2) is 35.7 Å². The van der Waals surface area contributed by atoms with Gasteiger partial charge in [-0.05, 0) is 47.9 Å². The minimum absolute atomic E-state index is 0.0939. The lowest BCUT2D eigenvalue weighted by Crippen LogP contribution is -2.40. The van der Waals surface area contributed by atoms with Gasteiger partial charge < -0.3 is 15.3 Å². The van der Waals surface area contributed by atoms with Crippen molar-refractivity contribution in [1.29, 1.82) is 0 Å². The van der Waals surface area contributed by atoms with E-state index in [2.05, 4.69) is 19.2 Å². The van der Waals surface area contributed by atoms with Crippen LogP contribution in [0.3, 0.4) is 0 Å². The van der Waals surface area contributed by atoms with Gasteiger partial charge in [-0.25, -0.2) is 0 Å². The Hall–Kier alpha value is -2.18. The molecule has 0 bridgehead atoms. The molecular weight excluding hydrogens is 348 g/mol. The fraction of sp³-hybridized carbons (Fsp3) is 0.400. The molecule has 138 valence electrons. The number of anilines is 1. The van der Waals surface area contributed by atoms with Crippen molar-refractivity contribution >= 4 is 28.2 Å². The number of hydrogen-bond donors (Lipinski definition) is 2. The molecule has 2 heterocycles. The largest absolute Gasteiger partial charge is 0.393 e. The third-order valence-electron chi connectivity index (χ3n) is 4.71. The summed E-state index contributed by atoms with van der Waals surface area (Å²) < 4.78 is 0. The fourth-order valence-corrected chi connectivity index (χ4v) is 3.78. The van der Waals surface area contributed by atoms with Gasteiger partial charge in [0.2, 0.25) is 0 Å². The van der Waals surface area contributed by atoms with Crippen molar-refractivity contribution in [2.75, 3.05) is 18.4 Å². The van der Waals surface area contributed by atoms with Crippen LogP contribution in [0.2, 0.25) is 0 Å². The van der Waals surface area contributed by atoms with E-state index < -0.39 is 0 Å². The van der Waals surface area contributed by atoms with Crippen LogP contribution in [0.4, 0.5) is 5.00 Å². The minimum atomic E-state index is -0.325. The predicted octanol–water partition coefficient (Wildman–Crippen LogP) is 3.72. The number of hydrogen-bond acceptors (Lipinski definition) is 4. The minimum Gasteiger partial charge on any atom is -0.393 e. The van der Waals surface area contributed by atoms with Gasteiger partial charge in [0.05, 0.1) is 11.7 Å². The maximum atomic E-state index is 12.7. The van der Waals surface area contributed by atoms with E-state index in [0.717, 1.165) is 0 Å². The smallest absolute Gasteiger partial charge is 0.256 e. The number of rotatable bonds is 4. The van der Waals surface area contributed by atoms with E-state index in [1.54, 1.807) is 11.0 Å². The second-order valence-corrected chi connectivity index (χ2v) is 7.83. The number of aliphatic hydroxyl groups excluding tert-OH is 1. The van der Waals surface area contributed by atoms with Crippen molar-refractivity contribution in [3.05, 3.63) is 52.4 Å². The molecule has 1 aromatic carbocycles. The van der Waals surface area contributed by atoms with Crippen LogP contribution in [0.5, 0.6) is 0 Å². The Morgan fingerprint density at radius 1 is 1.15 bits per heavy atom. The summed E-state index contributed by atoms with van der Waals surface area (Å²) >= 11 is 1.34. The van der Waals surface area contributed by atoms with Crippen molar-refractivity contribution < 1.29 is 14.7 Å². The van der Waals surface area contributed by atoms with E-state index in [4.69, 9.17) is 0 Å². The monoisotopic (exact) mass is 372 g/mol. The van der Waals surface area contributed by atoms with Crippen LogP contribution in [-0.4, -0.2) is 41.0 Å². The molecule has 0 unspecified atom stereocenters. The van der Waals surface area contributed by atoms with Crippen LogP contribution in [-0.2, 0) is 0 Å². The Bertz CT molecular complexity index is 775. The summed E-state index contributed by atoms with van der Waals surface area (Å²) in [5.74, 6) is 0.103. The Kier molecular flexibility index (Phi) is 5.74. The average molecular weight is 372 g/mol. The highest BCUT2D eigenvalue weighted by Gasteiger charge is 2.25. The van der Waals surface area contributed by atoms with Crippen LogP contribution < -0.4 is 5.32 Å². The first-order valence-corrected chi connectivity index (χ1v) is 9.80. The molecule has 1 aliphatic heterocycles. The average Bonchev–Trinajstić information content (AvgIpc) is 3.10. The molecule has 1 saturated heterocycles. The lowest BCUT2D eigenvalue weighted by Gasteiger charge is -2.29. The third kappa shape index (κ3) is 4.14. The van der Waals surface area contributed by atoms with Gasteiger partial charge in [-0.1, -0.05) is 26.0 Å². The molecule has 1 aromatic heterocycles. The molecule has 2 aromatic rings. The van der Waals surface area contributed by atoms with Crippen molar-refractivity contribution in [2.45, 2.75) is 38.7 Å². The summed E-state index contributed by atoms with van der Waals surface area (Å²) in [6.45, 7) is 5.30. The number of piperidine rings is 1. The highest BCUT2D eigenvalue weighted by molar-refractivity contribution is 7.14. The molecule has 2 amide bonds. The normalized spacial score (nSPS) is 15.3. The molecule has 0 spiro atoms. The molecule has 1 aliphatic rings. The number of benzene rings is 1. The van der Waals surface area contributed by atoms with Crippen LogP contribution in [0.25, 0.3) is 0 Å². The summed E-state index contributed by atoms with van der Waals surface area (Å²) in [4.78, 5) is 27.0. The maximum Gasteiger partial charge on any atom is 0.256 e. The van der Waals surface area contributed by atoms with Gasteiger partial charge in [0.25, 0.3) is 11.8 Å². The van der Waals surface area contributed by atoms with E-state index in [1.807, 2.05) is 29.6 Å². The molecule has 26 heavy (non-hydrogen) atoms. The Labute approximate surface area is 157 Å². The van der Waals surface area contributed by atoms with E-state index in [1.165, 1.54) is 16.9 Å². The highest BCUT2D eigenvalue weighted by Crippen LogP contribution is 2.27. The lowest BCUT2D eigenvalue weighted by molar-refractivity contribution is 0.0548. The second-order valence-electron chi connectivity index (χ2n) is 6.92. The second kappa shape index (κ2) is 8.01. The van der Waals surface area contributed by atoms with Crippen LogP contribution in [0, 0.1) is 0 Å². The van der Waals surface area contributed by atoms with Gasteiger partial charge in [0, 0.05) is 18.7 Å². The van der Waals surface area contributed by atoms with Gasteiger partial charge >= 0.3 is 0 Å². The number of nitrogens with zero attached hydrogens (tertiary/aromatic N) is 1. The maximum absolute atomic E-state index is 12.7. The lowest BCUT2D eigenvalue weighted by atomic mass is 10.0. The third-order valence-corrected chi connectivity index (χ3v) is 5.54. The molecule has 0 aliphatic carbocycles. The van der Waals surface area contributed by atoms with Crippen LogP contribution in [0.1, 0.15) is 58.9 Å². The molecule has 0 atom stereocenters. The van der Waals surface area contributed by atoms with E-state index >= 15 is 0 Å². The fourth-order valence-electron chi connectivity index (χ4n) is 3.01. The van der Waals surface area contributed by atoms with Crippen LogP contribution >= 0.6 is 11.3 Å². The Morgan fingerprint density at radius 3 is 2.42 bits per heavy atom. The molecule has 0 saturated carbocycles. The number of carbonyl (C=O) groups is 2. The topological polar surface area (TPSA) is 69.6 Å². The summed E-state index contributed by atoms with van der Waals surface area (Å²) in [5, 5.41) is 14.8.